The number of nitrogens with one attached hydrogen (secondary N) is 1. The van der Waals surface area contributed by atoms with Crippen LogP contribution < -0.4 is 11.1 Å². The lowest BCUT2D eigenvalue weighted by atomic mass is 9.80. The average molecular weight is 529 g/mol. The van der Waals surface area contributed by atoms with Gasteiger partial charge < -0.3 is 36.2 Å². The van der Waals surface area contributed by atoms with Gasteiger partial charge >= 0.3 is 0 Å². The van der Waals surface area contributed by atoms with Gasteiger partial charge in [0, 0.05) is 13.0 Å². The van der Waals surface area contributed by atoms with Gasteiger partial charge in [-0.3, -0.25) is 4.57 Å². The number of nitrogens with two attached hydrogens (primary N) is 1. The molecule has 3 aromatic carbocycles. The Kier molecular flexibility index (Phi) is 5.74. The summed E-state index contributed by atoms with van der Waals surface area (Å²) in [5, 5.41) is 50.7. The van der Waals surface area contributed by atoms with E-state index < -0.39 is 42.8 Å². The first kappa shape index (κ1) is 24.3. The van der Waals surface area contributed by atoms with Crippen molar-refractivity contribution in [3.63, 3.8) is 0 Å². The molecule has 0 unspecified atom stereocenters. The molecule has 11 nitrogen and oxygen atoms in total. The van der Waals surface area contributed by atoms with Crippen molar-refractivity contribution in [1.82, 2.24) is 24.8 Å². The van der Waals surface area contributed by atoms with E-state index in [9.17, 15) is 20.4 Å². The minimum Gasteiger partial charge on any atom is -0.390 e. The predicted molar refractivity (Wildman–Crippen MR) is 143 cm³/mol. The Balaban J connectivity index is 1.18. The van der Waals surface area contributed by atoms with E-state index in [1.54, 1.807) is 10.9 Å². The highest BCUT2D eigenvalue weighted by atomic mass is 16.5. The van der Waals surface area contributed by atoms with Crippen LogP contribution in [0.25, 0.3) is 32.7 Å². The highest BCUT2D eigenvalue weighted by Crippen LogP contribution is 2.41. The van der Waals surface area contributed by atoms with E-state index in [4.69, 9.17) is 10.5 Å². The van der Waals surface area contributed by atoms with Crippen molar-refractivity contribution >= 4 is 38.5 Å². The first-order valence-electron chi connectivity index (χ1n) is 12.9. The van der Waals surface area contributed by atoms with Crippen molar-refractivity contribution in [2.75, 3.05) is 12.3 Å². The van der Waals surface area contributed by atoms with E-state index in [1.165, 1.54) is 6.33 Å². The molecule has 1 saturated heterocycles. The molecule has 11 heteroatoms. The van der Waals surface area contributed by atoms with Gasteiger partial charge in [-0.15, -0.1) is 0 Å². The molecule has 2 aliphatic rings. The van der Waals surface area contributed by atoms with Crippen LogP contribution in [0.3, 0.4) is 0 Å². The van der Waals surface area contributed by atoms with Crippen LogP contribution in [0.1, 0.15) is 35.9 Å². The van der Waals surface area contributed by atoms with Crippen LogP contribution in [0.4, 0.5) is 5.82 Å². The fourth-order valence-electron chi connectivity index (χ4n) is 5.99. The van der Waals surface area contributed by atoms with Crippen molar-refractivity contribution in [3.8, 4) is 0 Å². The molecule has 39 heavy (non-hydrogen) atoms. The quantitative estimate of drug-likeness (QED) is 0.188. The van der Waals surface area contributed by atoms with Gasteiger partial charge in [-0.2, -0.15) is 0 Å². The van der Waals surface area contributed by atoms with Gasteiger partial charge in [0.2, 0.25) is 0 Å². The molecule has 1 aliphatic carbocycles. The molecule has 1 aliphatic heterocycles. The van der Waals surface area contributed by atoms with Crippen molar-refractivity contribution in [3.05, 3.63) is 72.3 Å². The Hall–Kier alpha value is -3.71. The van der Waals surface area contributed by atoms with Gasteiger partial charge in [0.05, 0.1) is 24.6 Å². The summed E-state index contributed by atoms with van der Waals surface area (Å²) in [7, 11) is 0. The monoisotopic (exact) mass is 528 g/mol. The van der Waals surface area contributed by atoms with Crippen molar-refractivity contribution in [1.29, 1.82) is 0 Å². The number of ether oxygens (including phenoxy) is 1. The smallest absolute Gasteiger partial charge is 0.167 e. The highest BCUT2D eigenvalue weighted by Gasteiger charge is 2.42. The maximum Gasteiger partial charge on any atom is 0.167 e. The molecule has 3 heterocycles. The molecule has 1 fully saturated rings. The summed E-state index contributed by atoms with van der Waals surface area (Å²) < 4.78 is 7.89. The first-order chi connectivity index (χ1) is 18.9. The lowest BCUT2D eigenvalue weighted by Gasteiger charge is -2.38. The van der Waals surface area contributed by atoms with E-state index >= 15 is 0 Å². The van der Waals surface area contributed by atoms with Crippen LogP contribution >= 0.6 is 0 Å². The number of aromatic nitrogens is 4. The largest absolute Gasteiger partial charge is 0.390 e. The van der Waals surface area contributed by atoms with E-state index in [0.717, 1.165) is 21.5 Å². The second kappa shape index (κ2) is 9.19. The fourth-order valence-corrected chi connectivity index (χ4v) is 5.99. The third-order valence-electron chi connectivity index (χ3n) is 8.06. The summed E-state index contributed by atoms with van der Waals surface area (Å²) >= 11 is 0. The van der Waals surface area contributed by atoms with E-state index in [-0.39, 0.29) is 12.4 Å². The Bertz CT molecular complexity index is 1710. The van der Waals surface area contributed by atoms with E-state index in [0.29, 0.717) is 28.7 Å². The third kappa shape index (κ3) is 3.86. The van der Waals surface area contributed by atoms with Crippen LogP contribution in [-0.4, -0.2) is 70.9 Å². The molecular formula is C28H28N6O5. The normalized spacial score (nSPS) is 28.9. The molecule has 5 aromatic rings. The molecule has 0 saturated carbocycles. The summed E-state index contributed by atoms with van der Waals surface area (Å²) in [5.41, 5.74) is 8.13. The maximum absolute atomic E-state index is 11.0. The minimum atomic E-state index is -1.38. The molecule has 2 aromatic heterocycles. The Morgan fingerprint density at radius 3 is 2.62 bits per heavy atom. The number of hydrogen-bond acceptors (Lipinski definition) is 10. The number of fused-ring (bicyclic) bond motifs is 5. The number of hydrogen-bond donors (Lipinski definition) is 6. The van der Waals surface area contributed by atoms with Gasteiger partial charge in [0.1, 0.15) is 36.4 Å². The van der Waals surface area contributed by atoms with E-state index in [1.807, 2.05) is 48.5 Å². The molecule has 7 N–H and O–H groups in total. The number of benzene rings is 3. The van der Waals surface area contributed by atoms with Crippen LogP contribution in [-0.2, 0) is 4.74 Å². The fraction of sp³-hybridized carbons (Fsp3) is 0.321. The highest BCUT2D eigenvalue weighted by molar-refractivity contribution is 6.08. The molecule has 7 atom stereocenters. The SMILES string of the molecule is Nc1ncnc2c1ncn2[C@H]1C[C@H](O)[C@@H](CN[C@H]2c3cc4c(ccc5ccccc54)cc3[C@@H](O)[C@H](O)[C@@H]2O)O1. The average Bonchev–Trinajstić information content (AvgIpc) is 3.55. The summed E-state index contributed by atoms with van der Waals surface area (Å²) in [4.78, 5) is 12.5. The topological polar surface area (TPSA) is 172 Å². The van der Waals surface area contributed by atoms with Crippen molar-refractivity contribution < 1.29 is 25.2 Å². The Morgan fingerprint density at radius 1 is 0.923 bits per heavy atom. The van der Waals surface area contributed by atoms with Gasteiger partial charge in [-0.1, -0.05) is 36.4 Å². The molecular weight excluding hydrogens is 500 g/mol. The zero-order valence-corrected chi connectivity index (χ0v) is 20.8. The summed E-state index contributed by atoms with van der Waals surface area (Å²) in [5.74, 6) is 0.265. The molecule has 200 valence electrons. The number of aliphatic hydroxyl groups excluding tert-OH is 4. The number of aliphatic hydroxyl groups is 4. The van der Waals surface area contributed by atoms with Gasteiger partial charge in [-0.25, -0.2) is 15.0 Å². The number of nitrogens with zero attached hydrogens (tertiary/aromatic N) is 4. The molecule has 7 rings (SSSR count). The van der Waals surface area contributed by atoms with Crippen LogP contribution in [0.15, 0.2) is 61.2 Å². The van der Waals surface area contributed by atoms with Crippen molar-refractivity contribution in [2.24, 2.45) is 0 Å². The second-order valence-electron chi connectivity index (χ2n) is 10.3. The van der Waals surface area contributed by atoms with Crippen molar-refractivity contribution in [2.45, 2.75) is 49.2 Å². The molecule has 0 spiro atoms. The molecule has 0 amide bonds. The number of anilines is 1. The summed E-state index contributed by atoms with van der Waals surface area (Å²) in [6.07, 6.45) is -2.56. The number of rotatable bonds is 4. The molecule has 0 radical (unpaired) electrons. The van der Waals surface area contributed by atoms with Crippen LogP contribution in [0, 0.1) is 0 Å². The minimum absolute atomic E-state index is 0.193. The third-order valence-corrected chi connectivity index (χ3v) is 8.06. The second-order valence-corrected chi connectivity index (χ2v) is 10.3. The zero-order valence-electron chi connectivity index (χ0n) is 20.8. The molecule has 0 bridgehead atoms. The Labute approximate surface area is 222 Å². The van der Waals surface area contributed by atoms with Crippen LogP contribution in [0.2, 0.25) is 0 Å². The van der Waals surface area contributed by atoms with Gasteiger partial charge in [0.25, 0.3) is 0 Å². The lowest BCUT2D eigenvalue weighted by molar-refractivity contribution is -0.0878. The Morgan fingerprint density at radius 2 is 1.74 bits per heavy atom. The van der Waals surface area contributed by atoms with Gasteiger partial charge in [-0.05, 0) is 44.8 Å². The van der Waals surface area contributed by atoms with Crippen LogP contribution in [0.5, 0.6) is 0 Å². The predicted octanol–water partition coefficient (Wildman–Crippen LogP) is 1.46. The maximum atomic E-state index is 11.0. The van der Waals surface area contributed by atoms with E-state index in [2.05, 4.69) is 20.3 Å². The van der Waals surface area contributed by atoms with Gasteiger partial charge in [0.15, 0.2) is 11.5 Å². The standard InChI is InChI=1S/C28H28N6O5/c29-27-23-28(32-11-31-27)34(12-33-23)21-9-19(35)20(39-21)10-30-22-17-8-16-14(6-5-13-3-1-2-4-15(13)16)7-18(17)24(36)26(38)25(22)37/h1-8,11-12,19-22,24-26,30,35-38H,9-10H2,(H2,29,31,32)/t19-,20+,21+,22-,24+,25+,26-/m0/s1. The number of imidazole rings is 1. The number of nitrogen functional groups attached to an aromatic ring is 1. The first-order valence-corrected chi connectivity index (χ1v) is 12.9. The summed E-state index contributed by atoms with van der Waals surface area (Å²) in [6.45, 7) is 0.193. The zero-order chi connectivity index (χ0) is 26.8. The summed E-state index contributed by atoms with van der Waals surface area (Å²) in [6, 6.07) is 15.2. The lowest BCUT2D eigenvalue weighted by Crippen LogP contribution is -2.49.